The Hall–Kier alpha value is -3.19. The van der Waals surface area contributed by atoms with Gasteiger partial charge in [-0.2, -0.15) is 0 Å². The minimum absolute atomic E-state index is 0.00902. The number of ether oxygens (including phenoxy) is 2. The highest BCUT2D eigenvalue weighted by atomic mass is 16.5. The maximum absolute atomic E-state index is 13.1. The highest BCUT2D eigenvalue weighted by Gasteiger charge is 2.24. The number of allylic oxidation sites excluding steroid dienone is 1. The molecule has 7 nitrogen and oxygen atoms in total. The first kappa shape index (κ1) is 22.0. The van der Waals surface area contributed by atoms with Crippen molar-refractivity contribution in [3.05, 3.63) is 65.4 Å². The molecule has 0 saturated carbocycles. The predicted octanol–water partition coefficient (Wildman–Crippen LogP) is 4.06. The molecule has 2 aliphatic rings. The van der Waals surface area contributed by atoms with Gasteiger partial charge < -0.3 is 14.4 Å². The summed E-state index contributed by atoms with van der Waals surface area (Å²) >= 11 is 0. The molecule has 0 saturated heterocycles. The predicted molar refractivity (Wildman–Crippen MR) is 123 cm³/mol. The summed E-state index contributed by atoms with van der Waals surface area (Å²) in [5.74, 6) is 1.16. The highest BCUT2D eigenvalue weighted by Crippen LogP contribution is 2.27. The fourth-order valence-corrected chi connectivity index (χ4v) is 4.10. The van der Waals surface area contributed by atoms with Crippen LogP contribution in [0.5, 0.6) is 11.6 Å². The Labute approximate surface area is 189 Å². The van der Waals surface area contributed by atoms with Crippen LogP contribution in [0.25, 0.3) is 5.57 Å². The molecule has 0 N–H and O–H groups in total. The summed E-state index contributed by atoms with van der Waals surface area (Å²) < 4.78 is 10.9. The van der Waals surface area contributed by atoms with Gasteiger partial charge in [-0.05, 0) is 57.4 Å². The molecule has 0 bridgehead atoms. The number of unbranched alkanes of at least 4 members (excludes halogenated alkanes) is 1. The van der Waals surface area contributed by atoms with Gasteiger partial charge in [0.25, 0.3) is 5.91 Å². The molecule has 0 spiro atoms. The van der Waals surface area contributed by atoms with Crippen molar-refractivity contribution in [1.29, 1.82) is 0 Å². The van der Waals surface area contributed by atoms with Gasteiger partial charge in [-0.15, -0.1) is 0 Å². The van der Waals surface area contributed by atoms with Crippen LogP contribution in [0.2, 0.25) is 0 Å². The third kappa shape index (κ3) is 4.99. The van der Waals surface area contributed by atoms with E-state index in [9.17, 15) is 4.79 Å². The lowest BCUT2D eigenvalue weighted by Crippen LogP contribution is -2.32. The second kappa shape index (κ2) is 9.96. The van der Waals surface area contributed by atoms with Gasteiger partial charge in [-0.1, -0.05) is 17.7 Å². The van der Waals surface area contributed by atoms with Gasteiger partial charge in [0, 0.05) is 19.6 Å². The molecule has 7 heteroatoms. The van der Waals surface area contributed by atoms with Crippen LogP contribution in [-0.2, 0) is 0 Å². The van der Waals surface area contributed by atoms with Crippen LogP contribution < -0.4 is 9.47 Å². The first-order chi connectivity index (χ1) is 15.5. The van der Waals surface area contributed by atoms with Crippen molar-refractivity contribution in [3.8, 4) is 11.6 Å². The van der Waals surface area contributed by atoms with Crippen molar-refractivity contribution < 1.29 is 14.3 Å². The van der Waals surface area contributed by atoms with Gasteiger partial charge in [0.15, 0.2) is 0 Å². The zero-order valence-corrected chi connectivity index (χ0v) is 19.0. The molecule has 0 atom stereocenters. The molecular formula is C25H30N4O3. The van der Waals surface area contributed by atoms with E-state index in [1.807, 2.05) is 36.9 Å². The number of hydrogen-bond acceptors (Lipinski definition) is 6. The molecule has 4 rings (SSSR count). The summed E-state index contributed by atoms with van der Waals surface area (Å²) in [6.07, 6.45) is 10.3. The molecule has 1 aromatic heterocycles. The third-order valence-corrected chi connectivity index (χ3v) is 5.88. The van der Waals surface area contributed by atoms with E-state index in [0.29, 0.717) is 23.7 Å². The van der Waals surface area contributed by atoms with Crippen molar-refractivity contribution in [2.45, 2.75) is 33.1 Å². The number of benzene rings is 1. The number of amides is 1. The molecular weight excluding hydrogens is 404 g/mol. The molecule has 0 radical (unpaired) electrons. The van der Waals surface area contributed by atoms with Gasteiger partial charge >= 0.3 is 0 Å². The summed E-state index contributed by atoms with van der Waals surface area (Å²) in [7, 11) is 1.60. The lowest BCUT2D eigenvalue weighted by Gasteiger charge is -2.27. The number of fused-ring (bicyclic) bond motifs is 1. The van der Waals surface area contributed by atoms with Crippen LogP contribution >= 0.6 is 0 Å². The molecule has 3 heterocycles. The van der Waals surface area contributed by atoms with E-state index in [2.05, 4.69) is 20.9 Å². The van der Waals surface area contributed by atoms with Crippen molar-refractivity contribution in [2.24, 2.45) is 0 Å². The van der Waals surface area contributed by atoms with E-state index in [1.165, 1.54) is 5.57 Å². The topological polar surface area (TPSA) is 67.8 Å². The van der Waals surface area contributed by atoms with Crippen LogP contribution in [0.15, 0.2) is 48.6 Å². The summed E-state index contributed by atoms with van der Waals surface area (Å²) in [6, 6.07) is 5.73. The van der Waals surface area contributed by atoms with Crippen molar-refractivity contribution in [3.63, 3.8) is 0 Å². The fraction of sp³-hybridized carbons (Fsp3) is 0.400. The number of aromatic nitrogens is 2. The molecule has 2 aromatic rings. The molecule has 32 heavy (non-hydrogen) atoms. The average Bonchev–Trinajstić information content (AvgIpc) is 2.93. The Balaban J connectivity index is 1.31. The number of carbonyl (C=O) groups excluding carboxylic acids is 1. The Morgan fingerprint density at radius 1 is 1.16 bits per heavy atom. The van der Waals surface area contributed by atoms with E-state index >= 15 is 0 Å². The molecule has 1 aromatic carbocycles. The highest BCUT2D eigenvalue weighted by molar-refractivity contribution is 5.98. The Morgan fingerprint density at radius 2 is 2.00 bits per heavy atom. The quantitative estimate of drug-likeness (QED) is 0.612. The number of methoxy groups -OCH3 is 1. The van der Waals surface area contributed by atoms with Gasteiger partial charge in [-0.3, -0.25) is 14.7 Å². The van der Waals surface area contributed by atoms with Crippen LogP contribution in [0, 0.1) is 6.92 Å². The maximum atomic E-state index is 13.1. The molecule has 0 fully saturated rings. The summed E-state index contributed by atoms with van der Waals surface area (Å²) in [5.41, 5.74) is 4.58. The first-order valence-corrected chi connectivity index (χ1v) is 11.1. The number of carbonyl (C=O) groups is 1. The maximum Gasteiger partial charge on any atom is 0.261 e. The molecule has 0 aliphatic carbocycles. The van der Waals surface area contributed by atoms with E-state index in [0.717, 1.165) is 55.9 Å². The van der Waals surface area contributed by atoms with Crippen LogP contribution in [0.3, 0.4) is 0 Å². The summed E-state index contributed by atoms with van der Waals surface area (Å²) in [5, 5.41) is 0. The van der Waals surface area contributed by atoms with Gasteiger partial charge in [0.05, 0.1) is 36.5 Å². The van der Waals surface area contributed by atoms with E-state index in [1.54, 1.807) is 25.8 Å². The molecule has 2 aliphatic heterocycles. The van der Waals surface area contributed by atoms with Gasteiger partial charge in [-0.25, -0.2) is 4.98 Å². The third-order valence-electron chi connectivity index (χ3n) is 5.88. The van der Waals surface area contributed by atoms with Crippen LogP contribution in [0.1, 0.15) is 47.8 Å². The molecule has 168 valence electrons. The standard InChI is InChI=1S/C25H30N4O3/c1-18-8-9-23-21(13-18)25(30)29(19(2)17-32-23)12-5-4-10-28-11-6-7-20(16-28)22-14-26-15-24(27-22)31-3/h7-9,13-15,17H,4-6,10-12,16H2,1-3H3. The first-order valence-electron chi connectivity index (χ1n) is 11.1. The second-order valence-electron chi connectivity index (χ2n) is 8.28. The Morgan fingerprint density at radius 3 is 2.84 bits per heavy atom. The van der Waals surface area contributed by atoms with E-state index < -0.39 is 0 Å². The largest absolute Gasteiger partial charge is 0.480 e. The van der Waals surface area contributed by atoms with Crippen LogP contribution in [0.4, 0.5) is 0 Å². The zero-order chi connectivity index (χ0) is 22.5. The molecule has 0 unspecified atom stereocenters. The van der Waals surface area contributed by atoms with Gasteiger partial charge in [0.2, 0.25) is 5.88 Å². The van der Waals surface area contributed by atoms with Crippen LogP contribution in [-0.4, -0.2) is 59.0 Å². The number of hydrogen-bond donors (Lipinski definition) is 0. The van der Waals surface area contributed by atoms with E-state index in [-0.39, 0.29) is 5.91 Å². The minimum atomic E-state index is 0.00902. The fourth-order valence-electron chi connectivity index (χ4n) is 4.10. The van der Waals surface area contributed by atoms with Gasteiger partial charge in [0.1, 0.15) is 12.0 Å². The van der Waals surface area contributed by atoms with Crippen molar-refractivity contribution in [1.82, 2.24) is 19.8 Å². The lowest BCUT2D eigenvalue weighted by molar-refractivity contribution is 0.0804. The van der Waals surface area contributed by atoms with Crippen molar-refractivity contribution >= 4 is 11.5 Å². The monoisotopic (exact) mass is 434 g/mol. The number of nitrogens with zero attached hydrogens (tertiary/aromatic N) is 4. The SMILES string of the molecule is COc1cncc(C2=CCCN(CCCCN3C(=O)c4cc(C)ccc4OC=C3C)C2)n1. The summed E-state index contributed by atoms with van der Waals surface area (Å²) in [4.78, 5) is 26.1. The second-order valence-corrected chi connectivity index (χ2v) is 8.28. The Bertz CT molecular complexity index is 1050. The zero-order valence-electron chi connectivity index (χ0n) is 19.0. The van der Waals surface area contributed by atoms with E-state index in [4.69, 9.17) is 9.47 Å². The normalized spacial score (nSPS) is 16.6. The molecule has 1 amide bonds. The number of rotatable bonds is 7. The Kier molecular flexibility index (Phi) is 6.85. The minimum Gasteiger partial charge on any atom is -0.480 e. The van der Waals surface area contributed by atoms with Crippen molar-refractivity contribution in [2.75, 3.05) is 33.3 Å². The lowest BCUT2D eigenvalue weighted by atomic mass is 10.1. The smallest absolute Gasteiger partial charge is 0.261 e. The average molecular weight is 435 g/mol. The summed E-state index contributed by atoms with van der Waals surface area (Å²) in [6.45, 7) is 7.45. The number of aryl methyl sites for hydroxylation is 1.